The van der Waals surface area contributed by atoms with Crippen LogP contribution in [0.15, 0.2) is 34.8 Å². The van der Waals surface area contributed by atoms with Gasteiger partial charge in [-0.3, -0.25) is 0 Å². The number of aliphatic hydroxyl groups is 1. The molecule has 0 saturated heterocycles. The van der Waals surface area contributed by atoms with Gasteiger partial charge in [-0.15, -0.1) is 0 Å². The maximum absolute atomic E-state index is 10.8. The average molecular weight is 351 g/mol. The molecule has 0 radical (unpaired) electrons. The number of ether oxygens (including phenoxy) is 2. The predicted octanol–water partition coefficient (Wildman–Crippen LogP) is 4.16. The summed E-state index contributed by atoms with van der Waals surface area (Å²) >= 11 is 3.43. The third-order valence-electron chi connectivity index (χ3n) is 3.74. The van der Waals surface area contributed by atoms with Crippen molar-refractivity contribution in [3.63, 3.8) is 0 Å². The first-order valence-corrected chi connectivity index (χ1v) is 7.44. The predicted molar refractivity (Wildman–Crippen MR) is 87.2 cm³/mol. The van der Waals surface area contributed by atoms with Crippen LogP contribution in [0, 0.1) is 13.8 Å². The second kappa shape index (κ2) is 6.50. The van der Waals surface area contributed by atoms with Crippen molar-refractivity contribution in [3.05, 3.63) is 57.1 Å². The van der Waals surface area contributed by atoms with Crippen molar-refractivity contribution >= 4 is 15.9 Å². The molecule has 1 N–H and O–H groups in total. The number of aliphatic hydroxyl groups excluding tert-OH is 1. The number of rotatable bonds is 4. The first-order chi connectivity index (χ1) is 9.99. The fraction of sp³-hybridized carbons (Fsp3) is 0.294. The molecule has 0 spiro atoms. The molecule has 112 valence electrons. The van der Waals surface area contributed by atoms with Gasteiger partial charge in [0.15, 0.2) is 0 Å². The van der Waals surface area contributed by atoms with Crippen LogP contribution in [-0.4, -0.2) is 19.3 Å². The Morgan fingerprint density at radius 2 is 1.67 bits per heavy atom. The summed E-state index contributed by atoms with van der Waals surface area (Å²) in [5.74, 6) is 1.28. The van der Waals surface area contributed by atoms with E-state index in [1.807, 2.05) is 38.1 Å². The van der Waals surface area contributed by atoms with Crippen LogP contribution in [0.3, 0.4) is 0 Å². The number of aryl methyl sites for hydroxylation is 1. The highest BCUT2D eigenvalue weighted by Crippen LogP contribution is 2.38. The van der Waals surface area contributed by atoms with Crippen molar-refractivity contribution in [2.75, 3.05) is 14.2 Å². The molecule has 4 heteroatoms. The van der Waals surface area contributed by atoms with E-state index in [0.29, 0.717) is 17.1 Å². The Morgan fingerprint density at radius 1 is 1.00 bits per heavy atom. The first kappa shape index (κ1) is 15.9. The van der Waals surface area contributed by atoms with Crippen molar-refractivity contribution in [3.8, 4) is 11.5 Å². The lowest BCUT2D eigenvalue weighted by Gasteiger charge is -2.19. The standard InChI is InChI=1S/C17H19BrO3/c1-10-6-5-7-12(11(10)2)17(19)13-8-16(21-4)14(18)9-15(13)20-3/h5-9,17,19H,1-4H3. The third kappa shape index (κ3) is 3.06. The van der Waals surface area contributed by atoms with Gasteiger partial charge in [-0.25, -0.2) is 0 Å². The minimum atomic E-state index is -0.762. The second-order valence-corrected chi connectivity index (χ2v) is 5.77. The molecule has 0 aliphatic carbocycles. The Bertz CT molecular complexity index is 653. The molecule has 0 aromatic heterocycles. The summed E-state index contributed by atoms with van der Waals surface area (Å²) in [5, 5.41) is 10.8. The summed E-state index contributed by atoms with van der Waals surface area (Å²) in [6.07, 6.45) is -0.762. The summed E-state index contributed by atoms with van der Waals surface area (Å²) in [7, 11) is 3.19. The van der Waals surface area contributed by atoms with E-state index in [1.54, 1.807) is 20.3 Å². The van der Waals surface area contributed by atoms with Crippen LogP contribution < -0.4 is 9.47 Å². The van der Waals surface area contributed by atoms with E-state index in [1.165, 1.54) is 0 Å². The molecule has 0 heterocycles. The topological polar surface area (TPSA) is 38.7 Å². The van der Waals surface area contributed by atoms with Crippen molar-refractivity contribution in [1.29, 1.82) is 0 Å². The summed E-state index contributed by atoms with van der Waals surface area (Å²) in [4.78, 5) is 0. The van der Waals surface area contributed by atoms with Crippen molar-refractivity contribution < 1.29 is 14.6 Å². The Hall–Kier alpha value is -1.52. The van der Waals surface area contributed by atoms with Gasteiger partial charge in [0.1, 0.15) is 17.6 Å². The summed E-state index contributed by atoms with van der Waals surface area (Å²) in [5.41, 5.74) is 3.78. The highest BCUT2D eigenvalue weighted by atomic mass is 79.9. The summed E-state index contributed by atoms with van der Waals surface area (Å²) in [6, 6.07) is 9.52. The van der Waals surface area contributed by atoms with Gasteiger partial charge in [-0.2, -0.15) is 0 Å². The van der Waals surface area contributed by atoms with Crippen LogP contribution in [0.4, 0.5) is 0 Å². The molecule has 0 aliphatic rings. The van der Waals surface area contributed by atoms with Crippen molar-refractivity contribution in [2.45, 2.75) is 20.0 Å². The van der Waals surface area contributed by atoms with Gasteiger partial charge >= 0.3 is 0 Å². The Labute approximate surface area is 133 Å². The molecule has 0 amide bonds. The molecule has 1 atom stereocenters. The lowest BCUT2D eigenvalue weighted by Crippen LogP contribution is -2.06. The molecular formula is C17H19BrO3. The molecule has 0 fully saturated rings. The van der Waals surface area contributed by atoms with E-state index in [4.69, 9.17) is 9.47 Å². The quantitative estimate of drug-likeness (QED) is 0.899. The van der Waals surface area contributed by atoms with Gasteiger partial charge in [0, 0.05) is 5.56 Å². The van der Waals surface area contributed by atoms with Gasteiger partial charge in [-0.05, 0) is 58.6 Å². The van der Waals surface area contributed by atoms with Gasteiger partial charge in [-0.1, -0.05) is 18.2 Å². The Morgan fingerprint density at radius 3 is 2.29 bits per heavy atom. The normalized spacial score (nSPS) is 12.1. The van der Waals surface area contributed by atoms with Gasteiger partial charge in [0.2, 0.25) is 0 Å². The fourth-order valence-electron chi connectivity index (χ4n) is 2.34. The highest BCUT2D eigenvalue weighted by Gasteiger charge is 2.20. The van der Waals surface area contributed by atoms with E-state index in [0.717, 1.165) is 21.2 Å². The summed E-state index contributed by atoms with van der Waals surface area (Å²) in [6.45, 7) is 4.04. The molecule has 1 unspecified atom stereocenters. The van der Waals surface area contributed by atoms with E-state index >= 15 is 0 Å². The number of benzene rings is 2. The van der Waals surface area contributed by atoms with Gasteiger partial charge < -0.3 is 14.6 Å². The zero-order valence-corrected chi connectivity index (χ0v) is 14.2. The number of hydrogen-bond acceptors (Lipinski definition) is 3. The second-order valence-electron chi connectivity index (χ2n) is 4.92. The zero-order valence-electron chi connectivity index (χ0n) is 12.6. The molecule has 0 bridgehead atoms. The van der Waals surface area contributed by atoms with Crippen molar-refractivity contribution in [2.24, 2.45) is 0 Å². The van der Waals surface area contributed by atoms with Crippen LogP contribution in [0.25, 0.3) is 0 Å². The monoisotopic (exact) mass is 350 g/mol. The molecule has 21 heavy (non-hydrogen) atoms. The molecule has 2 rings (SSSR count). The lowest BCUT2D eigenvalue weighted by atomic mass is 9.94. The van der Waals surface area contributed by atoms with E-state index < -0.39 is 6.10 Å². The first-order valence-electron chi connectivity index (χ1n) is 6.65. The van der Waals surface area contributed by atoms with Crippen LogP contribution in [0.5, 0.6) is 11.5 Å². The molecular weight excluding hydrogens is 332 g/mol. The molecule has 2 aromatic rings. The third-order valence-corrected chi connectivity index (χ3v) is 4.36. The smallest absolute Gasteiger partial charge is 0.133 e. The summed E-state index contributed by atoms with van der Waals surface area (Å²) < 4.78 is 11.5. The fourth-order valence-corrected chi connectivity index (χ4v) is 2.82. The molecule has 3 nitrogen and oxygen atoms in total. The number of hydrogen-bond donors (Lipinski definition) is 1. The maximum atomic E-state index is 10.8. The van der Waals surface area contributed by atoms with Crippen molar-refractivity contribution in [1.82, 2.24) is 0 Å². The molecule has 0 saturated carbocycles. The average Bonchev–Trinajstić information content (AvgIpc) is 2.49. The SMILES string of the molecule is COc1cc(C(O)c2cccc(C)c2C)c(OC)cc1Br. The molecule has 2 aromatic carbocycles. The highest BCUT2D eigenvalue weighted by molar-refractivity contribution is 9.10. The molecule has 0 aliphatic heterocycles. The van der Waals surface area contributed by atoms with Gasteiger partial charge in [0.05, 0.1) is 18.7 Å². The largest absolute Gasteiger partial charge is 0.496 e. The van der Waals surface area contributed by atoms with Crippen LogP contribution in [0.2, 0.25) is 0 Å². The number of halogens is 1. The Balaban J connectivity index is 2.56. The van der Waals surface area contributed by atoms with E-state index in [-0.39, 0.29) is 0 Å². The minimum Gasteiger partial charge on any atom is -0.496 e. The minimum absolute atomic E-state index is 0.621. The maximum Gasteiger partial charge on any atom is 0.133 e. The Kier molecular flexibility index (Phi) is 4.91. The van der Waals surface area contributed by atoms with E-state index in [9.17, 15) is 5.11 Å². The van der Waals surface area contributed by atoms with Gasteiger partial charge in [0.25, 0.3) is 0 Å². The zero-order chi connectivity index (χ0) is 15.6. The van der Waals surface area contributed by atoms with E-state index in [2.05, 4.69) is 15.9 Å². The number of methoxy groups -OCH3 is 2. The van der Waals surface area contributed by atoms with Crippen LogP contribution in [-0.2, 0) is 0 Å². The van der Waals surface area contributed by atoms with Crippen LogP contribution in [0.1, 0.15) is 28.4 Å². The lowest BCUT2D eigenvalue weighted by molar-refractivity contribution is 0.213. The van der Waals surface area contributed by atoms with Crippen LogP contribution >= 0.6 is 15.9 Å².